The highest BCUT2D eigenvalue weighted by atomic mass is 79.9. The Kier molecular flexibility index (Phi) is 4.08. The van der Waals surface area contributed by atoms with E-state index in [2.05, 4.69) is 45.8 Å². The fraction of sp³-hybridized carbons (Fsp3) is 0.333. The standard InChI is InChI=1S/C15H16BrN3OS/c1-8(2)13-12(16)14(17)19-15(18-13)10-7-21-11-6-4-3-5-9(11)20-10/h3-6,8,10H,7H2,1-2H3,(H2,17,18,19). The number of hydrogen-bond donors (Lipinski definition) is 1. The van der Waals surface area contributed by atoms with Crippen LogP contribution < -0.4 is 10.5 Å². The molecule has 0 radical (unpaired) electrons. The van der Waals surface area contributed by atoms with Gasteiger partial charge in [0.1, 0.15) is 11.6 Å². The van der Waals surface area contributed by atoms with Crippen molar-refractivity contribution in [3.05, 3.63) is 40.3 Å². The molecule has 110 valence electrons. The van der Waals surface area contributed by atoms with E-state index in [1.165, 1.54) is 0 Å². The topological polar surface area (TPSA) is 61.0 Å². The fourth-order valence-corrected chi connectivity index (χ4v) is 3.79. The van der Waals surface area contributed by atoms with Crippen molar-refractivity contribution in [1.29, 1.82) is 0 Å². The van der Waals surface area contributed by atoms with Crippen LogP contribution in [-0.4, -0.2) is 15.7 Å². The number of ether oxygens (including phenoxy) is 1. The molecule has 1 aliphatic rings. The lowest BCUT2D eigenvalue weighted by atomic mass is 10.1. The van der Waals surface area contributed by atoms with Crippen LogP contribution >= 0.6 is 27.7 Å². The summed E-state index contributed by atoms with van der Waals surface area (Å²) >= 11 is 5.23. The minimum Gasteiger partial charge on any atom is -0.480 e. The summed E-state index contributed by atoms with van der Waals surface area (Å²) in [6.45, 7) is 4.17. The Balaban J connectivity index is 1.95. The molecule has 0 saturated carbocycles. The summed E-state index contributed by atoms with van der Waals surface area (Å²) < 4.78 is 6.81. The number of fused-ring (bicyclic) bond motifs is 1. The highest BCUT2D eigenvalue weighted by molar-refractivity contribution is 9.10. The summed E-state index contributed by atoms with van der Waals surface area (Å²) in [5.74, 6) is 3.06. The van der Waals surface area contributed by atoms with Gasteiger partial charge in [-0.3, -0.25) is 0 Å². The molecule has 0 bridgehead atoms. The third kappa shape index (κ3) is 2.87. The summed E-state index contributed by atoms with van der Waals surface area (Å²) in [6, 6.07) is 8.02. The third-order valence-corrected chi connectivity index (χ3v) is 5.19. The third-order valence-electron chi connectivity index (χ3n) is 3.26. The van der Waals surface area contributed by atoms with Crippen LogP contribution in [0.25, 0.3) is 0 Å². The van der Waals surface area contributed by atoms with Crippen molar-refractivity contribution in [1.82, 2.24) is 9.97 Å². The minimum absolute atomic E-state index is 0.169. The van der Waals surface area contributed by atoms with Crippen molar-refractivity contribution in [2.75, 3.05) is 11.5 Å². The number of nitrogens with zero attached hydrogens (tertiary/aromatic N) is 2. The number of nitrogens with two attached hydrogens (primary N) is 1. The molecule has 21 heavy (non-hydrogen) atoms. The van der Waals surface area contributed by atoms with Crippen LogP contribution in [0.1, 0.15) is 37.4 Å². The van der Waals surface area contributed by atoms with Crippen LogP contribution in [-0.2, 0) is 0 Å². The van der Waals surface area contributed by atoms with Gasteiger partial charge in [-0.15, -0.1) is 11.8 Å². The summed E-state index contributed by atoms with van der Waals surface area (Å²) in [5.41, 5.74) is 6.92. The zero-order valence-electron chi connectivity index (χ0n) is 11.8. The van der Waals surface area contributed by atoms with Crippen molar-refractivity contribution >= 4 is 33.5 Å². The zero-order valence-corrected chi connectivity index (χ0v) is 14.2. The molecule has 0 amide bonds. The van der Waals surface area contributed by atoms with Gasteiger partial charge in [0.05, 0.1) is 10.2 Å². The number of thioether (sulfide) groups is 1. The Morgan fingerprint density at radius 2 is 2.10 bits per heavy atom. The predicted molar refractivity (Wildman–Crippen MR) is 88.8 cm³/mol. The van der Waals surface area contributed by atoms with Crippen LogP contribution in [0.15, 0.2) is 33.6 Å². The number of rotatable bonds is 2. The van der Waals surface area contributed by atoms with Crippen molar-refractivity contribution in [2.24, 2.45) is 0 Å². The first-order valence-electron chi connectivity index (χ1n) is 6.77. The molecule has 6 heteroatoms. The second kappa shape index (κ2) is 5.85. The second-order valence-corrected chi connectivity index (χ2v) is 7.04. The van der Waals surface area contributed by atoms with E-state index in [0.717, 1.165) is 26.6 Å². The first-order valence-corrected chi connectivity index (χ1v) is 8.55. The van der Waals surface area contributed by atoms with E-state index in [0.29, 0.717) is 11.6 Å². The van der Waals surface area contributed by atoms with Gasteiger partial charge in [0.15, 0.2) is 11.9 Å². The van der Waals surface area contributed by atoms with Crippen LogP contribution in [0.4, 0.5) is 5.82 Å². The molecule has 1 aromatic heterocycles. The van der Waals surface area contributed by atoms with Crippen LogP contribution in [0.2, 0.25) is 0 Å². The number of aromatic nitrogens is 2. The molecule has 1 atom stereocenters. The molecule has 1 unspecified atom stereocenters. The van der Waals surface area contributed by atoms with E-state index < -0.39 is 0 Å². The smallest absolute Gasteiger partial charge is 0.172 e. The van der Waals surface area contributed by atoms with Gasteiger partial charge in [-0.25, -0.2) is 9.97 Å². The normalized spacial score (nSPS) is 17.4. The lowest BCUT2D eigenvalue weighted by Crippen LogP contribution is -2.19. The van der Waals surface area contributed by atoms with Gasteiger partial charge in [-0.2, -0.15) is 0 Å². The molecule has 0 aliphatic carbocycles. The molecule has 3 rings (SSSR count). The molecular weight excluding hydrogens is 350 g/mol. The van der Waals surface area contributed by atoms with E-state index in [1.807, 2.05) is 18.2 Å². The lowest BCUT2D eigenvalue weighted by molar-refractivity contribution is 0.210. The highest BCUT2D eigenvalue weighted by Crippen LogP contribution is 2.40. The average molecular weight is 366 g/mol. The van der Waals surface area contributed by atoms with Gasteiger partial charge in [0.2, 0.25) is 0 Å². The second-order valence-electron chi connectivity index (χ2n) is 5.19. The Morgan fingerprint density at radius 3 is 2.86 bits per heavy atom. The maximum absolute atomic E-state index is 6.03. The Labute approximate surface area is 136 Å². The van der Waals surface area contributed by atoms with Gasteiger partial charge in [-0.05, 0) is 34.0 Å². The molecule has 2 heterocycles. The highest BCUT2D eigenvalue weighted by Gasteiger charge is 2.26. The average Bonchev–Trinajstić information content (AvgIpc) is 2.49. The quantitative estimate of drug-likeness (QED) is 0.864. The Hall–Kier alpha value is -1.27. The number of benzene rings is 1. The van der Waals surface area contributed by atoms with E-state index >= 15 is 0 Å². The molecule has 0 fully saturated rings. The van der Waals surface area contributed by atoms with Gasteiger partial charge in [-0.1, -0.05) is 26.0 Å². The van der Waals surface area contributed by atoms with E-state index in [1.54, 1.807) is 11.8 Å². The number of halogens is 1. The maximum atomic E-state index is 6.03. The molecule has 2 N–H and O–H groups in total. The van der Waals surface area contributed by atoms with Crippen molar-refractivity contribution in [3.8, 4) is 5.75 Å². The predicted octanol–water partition coefficient (Wildman–Crippen LogP) is 4.17. The first kappa shape index (κ1) is 14.7. The Bertz CT molecular complexity index is 678. The monoisotopic (exact) mass is 365 g/mol. The summed E-state index contributed by atoms with van der Waals surface area (Å²) in [6.07, 6.45) is -0.169. The SMILES string of the molecule is CC(C)c1nc(C2CSc3ccccc3O2)nc(N)c1Br. The van der Waals surface area contributed by atoms with E-state index in [9.17, 15) is 0 Å². The molecule has 0 saturated heterocycles. The van der Waals surface area contributed by atoms with Crippen molar-refractivity contribution in [3.63, 3.8) is 0 Å². The molecule has 4 nitrogen and oxygen atoms in total. The van der Waals surface area contributed by atoms with Crippen molar-refractivity contribution in [2.45, 2.75) is 30.8 Å². The van der Waals surface area contributed by atoms with Crippen LogP contribution in [0.3, 0.4) is 0 Å². The fourth-order valence-electron chi connectivity index (χ4n) is 2.17. The van der Waals surface area contributed by atoms with E-state index in [4.69, 9.17) is 10.5 Å². The largest absolute Gasteiger partial charge is 0.480 e. The Morgan fingerprint density at radius 1 is 1.33 bits per heavy atom. The first-order chi connectivity index (χ1) is 10.1. The molecular formula is C15H16BrN3OS. The molecule has 1 aliphatic heterocycles. The summed E-state index contributed by atoms with van der Waals surface area (Å²) in [5, 5.41) is 0. The zero-order chi connectivity index (χ0) is 15.0. The molecule has 0 spiro atoms. The summed E-state index contributed by atoms with van der Waals surface area (Å²) in [4.78, 5) is 10.2. The van der Waals surface area contributed by atoms with Gasteiger partial charge < -0.3 is 10.5 Å². The van der Waals surface area contributed by atoms with Crippen LogP contribution in [0, 0.1) is 0 Å². The van der Waals surface area contributed by atoms with Gasteiger partial charge >= 0.3 is 0 Å². The van der Waals surface area contributed by atoms with E-state index in [-0.39, 0.29) is 12.0 Å². The van der Waals surface area contributed by atoms with Crippen LogP contribution in [0.5, 0.6) is 5.75 Å². The minimum atomic E-state index is -0.169. The molecule has 1 aromatic carbocycles. The number of para-hydroxylation sites is 1. The molecule has 2 aromatic rings. The lowest BCUT2D eigenvalue weighted by Gasteiger charge is -2.25. The summed E-state index contributed by atoms with van der Waals surface area (Å²) in [7, 11) is 0. The number of anilines is 1. The number of nitrogen functional groups attached to an aromatic ring is 1. The number of hydrogen-bond acceptors (Lipinski definition) is 5. The van der Waals surface area contributed by atoms with Gasteiger partial charge in [0, 0.05) is 10.6 Å². The van der Waals surface area contributed by atoms with Crippen molar-refractivity contribution < 1.29 is 4.74 Å². The maximum Gasteiger partial charge on any atom is 0.172 e. The van der Waals surface area contributed by atoms with Gasteiger partial charge in [0.25, 0.3) is 0 Å².